The van der Waals surface area contributed by atoms with Gasteiger partial charge in [0.1, 0.15) is 5.75 Å². The minimum atomic E-state index is -0.925. The maximum absolute atomic E-state index is 13.1. The first-order chi connectivity index (χ1) is 13.6. The normalized spacial score (nSPS) is 15.5. The minimum absolute atomic E-state index is 0.00561. The van der Waals surface area contributed by atoms with Crippen LogP contribution >= 0.6 is 11.6 Å². The lowest BCUT2D eigenvalue weighted by Gasteiger charge is -2.33. The molecule has 28 heavy (non-hydrogen) atoms. The number of halogens is 1. The molecular formula is C20H15ClN2O5. The summed E-state index contributed by atoms with van der Waals surface area (Å²) in [5, 5.41) is 4.49. The molecule has 1 aliphatic heterocycles. The molecule has 1 aliphatic rings. The Kier molecular flexibility index (Phi) is 4.75. The number of ether oxygens (including phenoxy) is 2. The fourth-order valence-electron chi connectivity index (χ4n) is 2.95. The number of anilines is 1. The summed E-state index contributed by atoms with van der Waals surface area (Å²) in [6.07, 6.45) is -0.925. The molecule has 2 aromatic carbocycles. The smallest absolute Gasteiger partial charge is 0.348 e. The molecule has 0 spiro atoms. The second kappa shape index (κ2) is 7.36. The maximum Gasteiger partial charge on any atom is 0.348 e. The lowest BCUT2D eigenvalue weighted by molar-refractivity contribution is -0.148. The van der Waals surface area contributed by atoms with Gasteiger partial charge in [-0.2, -0.15) is 0 Å². The second-order valence-corrected chi connectivity index (χ2v) is 6.53. The SMILES string of the molecule is COC(=O)[C@H]1CN(C(=O)c2cc(-c3ccc(Cl)cc3)on2)c2ccccc2O1. The van der Waals surface area contributed by atoms with E-state index in [2.05, 4.69) is 5.16 Å². The van der Waals surface area contributed by atoms with Crippen molar-refractivity contribution in [1.29, 1.82) is 0 Å². The molecule has 0 unspecified atom stereocenters. The number of methoxy groups -OCH3 is 1. The molecule has 0 bridgehead atoms. The summed E-state index contributed by atoms with van der Waals surface area (Å²) in [5.74, 6) is -0.118. The number of benzene rings is 2. The summed E-state index contributed by atoms with van der Waals surface area (Å²) in [6.45, 7) is 0.00561. The second-order valence-electron chi connectivity index (χ2n) is 6.10. The van der Waals surface area contributed by atoms with E-state index in [1.807, 2.05) is 0 Å². The van der Waals surface area contributed by atoms with Crippen LogP contribution in [0.2, 0.25) is 5.02 Å². The van der Waals surface area contributed by atoms with Crippen molar-refractivity contribution in [2.24, 2.45) is 0 Å². The number of esters is 1. The van der Waals surface area contributed by atoms with Crippen molar-refractivity contribution < 1.29 is 23.6 Å². The first-order valence-corrected chi connectivity index (χ1v) is 8.82. The lowest BCUT2D eigenvalue weighted by Crippen LogP contribution is -2.47. The number of nitrogens with zero attached hydrogens (tertiary/aromatic N) is 2. The molecule has 0 N–H and O–H groups in total. The van der Waals surface area contributed by atoms with E-state index in [1.54, 1.807) is 54.6 Å². The van der Waals surface area contributed by atoms with E-state index in [9.17, 15) is 9.59 Å². The van der Waals surface area contributed by atoms with Crippen LogP contribution in [0.5, 0.6) is 5.75 Å². The summed E-state index contributed by atoms with van der Waals surface area (Å²) < 4.78 is 15.7. The number of carbonyl (C=O) groups excluding carboxylic acids is 2. The summed E-state index contributed by atoms with van der Waals surface area (Å²) >= 11 is 5.90. The maximum atomic E-state index is 13.1. The van der Waals surface area contributed by atoms with E-state index < -0.39 is 18.0 Å². The van der Waals surface area contributed by atoms with Crippen molar-refractivity contribution in [2.75, 3.05) is 18.6 Å². The summed E-state index contributed by atoms with van der Waals surface area (Å²) in [4.78, 5) is 26.5. The highest BCUT2D eigenvalue weighted by atomic mass is 35.5. The number of carbonyl (C=O) groups is 2. The van der Waals surface area contributed by atoms with Gasteiger partial charge in [-0.25, -0.2) is 4.79 Å². The van der Waals surface area contributed by atoms with Crippen LogP contribution in [0.15, 0.2) is 59.1 Å². The van der Waals surface area contributed by atoms with Gasteiger partial charge in [0.2, 0.25) is 6.10 Å². The van der Waals surface area contributed by atoms with Crippen molar-refractivity contribution >= 4 is 29.2 Å². The molecular weight excluding hydrogens is 384 g/mol. The zero-order valence-electron chi connectivity index (χ0n) is 14.8. The van der Waals surface area contributed by atoms with Crippen LogP contribution in [0.3, 0.4) is 0 Å². The molecule has 8 heteroatoms. The molecule has 0 radical (unpaired) electrons. The lowest BCUT2D eigenvalue weighted by atomic mass is 10.1. The Bertz CT molecular complexity index is 1030. The number of amides is 1. The molecule has 4 rings (SSSR count). The third-order valence-corrected chi connectivity index (χ3v) is 4.59. The van der Waals surface area contributed by atoms with Crippen LogP contribution in [0.1, 0.15) is 10.5 Å². The molecule has 3 aromatic rings. The predicted molar refractivity (Wildman–Crippen MR) is 101 cm³/mol. The van der Waals surface area contributed by atoms with E-state index in [0.717, 1.165) is 5.56 Å². The number of para-hydroxylation sites is 2. The van der Waals surface area contributed by atoms with Crippen LogP contribution in [0.25, 0.3) is 11.3 Å². The average Bonchev–Trinajstić information content (AvgIpc) is 3.22. The molecule has 2 heterocycles. The third-order valence-electron chi connectivity index (χ3n) is 4.34. The fraction of sp³-hybridized carbons (Fsp3) is 0.150. The van der Waals surface area contributed by atoms with Gasteiger partial charge in [0.25, 0.3) is 5.91 Å². The number of aromatic nitrogens is 1. The van der Waals surface area contributed by atoms with Gasteiger partial charge < -0.3 is 14.0 Å². The van der Waals surface area contributed by atoms with E-state index in [0.29, 0.717) is 22.2 Å². The Morgan fingerprint density at radius 2 is 1.93 bits per heavy atom. The highest BCUT2D eigenvalue weighted by molar-refractivity contribution is 6.30. The van der Waals surface area contributed by atoms with Gasteiger partial charge in [-0.05, 0) is 36.4 Å². The van der Waals surface area contributed by atoms with Crippen molar-refractivity contribution in [3.8, 4) is 17.1 Å². The third kappa shape index (κ3) is 3.32. The van der Waals surface area contributed by atoms with E-state index in [4.69, 9.17) is 25.6 Å². The highest BCUT2D eigenvalue weighted by Crippen LogP contribution is 2.34. The molecule has 1 amide bonds. The first kappa shape index (κ1) is 18.1. The van der Waals surface area contributed by atoms with Crippen LogP contribution in [-0.4, -0.2) is 36.8 Å². The van der Waals surface area contributed by atoms with Gasteiger partial charge in [0.05, 0.1) is 19.3 Å². The number of fused-ring (bicyclic) bond motifs is 1. The Balaban J connectivity index is 1.65. The van der Waals surface area contributed by atoms with Crippen molar-refractivity contribution in [3.05, 3.63) is 65.3 Å². The zero-order chi connectivity index (χ0) is 19.7. The zero-order valence-corrected chi connectivity index (χ0v) is 15.6. The fourth-order valence-corrected chi connectivity index (χ4v) is 3.07. The van der Waals surface area contributed by atoms with Crippen LogP contribution in [0.4, 0.5) is 5.69 Å². The van der Waals surface area contributed by atoms with Crippen LogP contribution in [-0.2, 0) is 9.53 Å². The monoisotopic (exact) mass is 398 g/mol. The molecule has 1 aromatic heterocycles. The molecule has 7 nitrogen and oxygen atoms in total. The highest BCUT2D eigenvalue weighted by Gasteiger charge is 2.35. The van der Waals surface area contributed by atoms with E-state index >= 15 is 0 Å². The summed E-state index contributed by atoms with van der Waals surface area (Å²) in [6, 6.07) is 15.5. The number of hydrogen-bond donors (Lipinski definition) is 0. The quantitative estimate of drug-likeness (QED) is 0.627. The van der Waals surface area contributed by atoms with Crippen molar-refractivity contribution in [2.45, 2.75) is 6.10 Å². The number of hydrogen-bond acceptors (Lipinski definition) is 6. The summed E-state index contributed by atoms with van der Waals surface area (Å²) in [7, 11) is 1.27. The summed E-state index contributed by atoms with van der Waals surface area (Å²) in [5.41, 5.74) is 1.40. The van der Waals surface area contributed by atoms with Gasteiger partial charge in [-0.3, -0.25) is 9.69 Å². The Labute approximate surface area is 165 Å². The van der Waals surface area contributed by atoms with E-state index in [1.165, 1.54) is 12.0 Å². The van der Waals surface area contributed by atoms with Gasteiger partial charge in [0, 0.05) is 16.7 Å². The standard InChI is InChI=1S/C20H15ClN2O5/c1-26-20(25)18-11-23(15-4-2-3-5-16(15)27-18)19(24)14-10-17(28-22-14)12-6-8-13(21)9-7-12/h2-10,18H,11H2,1H3/t18-/m1/s1. The first-order valence-electron chi connectivity index (χ1n) is 8.45. The largest absolute Gasteiger partial charge is 0.475 e. The molecule has 1 atom stereocenters. The van der Waals surface area contributed by atoms with Crippen molar-refractivity contribution in [3.63, 3.8) is 0 Å². The van der Waals surface area contributed by atoms with Gasteiger partial charge in [-0.1, -0.05) is 28.9 Å². The molecule has 142 valence electrons. The van der Waals surface area contributed by atoms with Crippen LogP contribution < -0.4 is 9.64 Å². The van der Waals surface area contributed by atoms with E-state index in [-0.39, 0.29) is 12.2 Å². The Morgan fingerprint density at radius 3 is 2.68 bits per heavy atom. The molecule has 0 fully saturated rings. The Morgan fingerprint density at radius 1 is 1.18 bits per heavy atom. The molecule has 0 aliphatic carbocycles. The Hall–Kier alpha value is -3.32. The number of rotatable bonds is 3. The molecule has 0 saturated carbocycles. The van der Waals surface area contributed by atoms with Gasteiger partial charge in [0.15, 0.2) is 11.5 Å². The minimum Gasteiger partial charge on any atom is -0.475 e. The topological polar surface area (TPSA) is 81.9 Å². The average molecular weight is 399 g/mol. The predicted octanol–water partition coefficient (Wildman–Crippen LogP) is 3.58. The molecule has 0 saturated heterocycles. The van der Waals surface area contributed by atoms with Gasteiger partial charge in [-0.15, -0.1) is 0 Å². The van der Waals surface area contributed by atoms with Gasteiger partial charge >= 0.3 is 5.97 Å². The van der Waals surface area contributed by atoms with Crippen molar-refractivity contribution in [1.82, 2.24) is 5.16 Å². The van der Waals surface area contributed by atoms with Crippen LogP contribution in [0, 0.1) is 0 Å².